The van der Waals surface area contributed by atoms with Crippen LogP contribution in [0.1, 0.15) is 0 Å². The first-order chi connectivity index (χ1) is 9.81. The molecule has 0 aliphatic carbocycles. The minimum Gasteiger partial charge on any atom is -0.274 e. The maximum atomic E-state index is 12.7. The standard InChI is InChI=1S/C14H16N4OS/c1-2-8-20-14-16-12-11(9-15-17-12)13(19)18(14)10-6-4-3-5-7-10/h2-7,11-12,15,17H,1,8-9H2. The average molecular weight is 288 g/mol. The smallest absolute Gasteiger partial charge is 0.241 e. The molecule has 2 heterocycles. The number of carbonyl (C=O) groups is 1. The van der Waals surface area contributed by atoms with E-state index in [1.54, 1.807) is 4.90 Å². The second kappa shape index (κ2) is 5.78. The minimum atomic E-state index is -0.172. The molecular formula is C14H16N4OS. The normalized spacial score (nSPS) is 25.3. The van der Waals surface area contributed by atoms with Gasteiger partial charge in [0.05, 0.1) is 11.6 Å². The van der Waals surface area contributed by atoms with Gasteiger partial charge < -0.3 is 0 Å². The van der Waals surface area contributed by atoms with E-state index in [1.807, 2.05) is 36.4 Å². The molecule has 0 saturated carbocycles. The Balaban J connectivity index is 1.97. The lowest BCUT2D eigenvalue weighted by molar-refractivity contribution is -0.121. The highest BCUT2D eigenvalue weighted by Crippen LogP contribution is 2.28. The first-order valence-electron chi connectivity index (χ1n) is 6.50. The van der Waals surface area contributed by atoms with Crippen LogP contribution in [-0.2, 0) is 4.79 Å². The van der Waals surface area contributed by atoms with Gasteiger partial charge in [-0.1, -0.05) is 36.0 Å². The van der Waals surface area contributed by atoms with Crippen LogP contribution < -0.4 is 15.8 Å². The van der Waals surface area contributed by atoms with Crippen LogP contribution in [0.4, 0.5) is 5.69 Å². The van der Waals surface area contributed by atoms with E-state index >= 15 is 0 Å². The molecule has 104 valence electrons. The topological polar surface area (TPSA) is 56.7 Å². The summed E-state index contributed by atoms with van der Waals surface area (Å²) in [5.41, 5.74) is 6.91. The van der Waals surface area contributed by atoms with Crippen molar-refractivity contribution in [1.82, 2.24) is 10.9 Å². The van der Waals surface area contributed by atoms with Crippen molar-refractivity contribution < 1.29 is 4.79 Å². The SMILES string of the molecule is C=CCSC1=NC2NNCC2C(=O)N1c1ccccc1. The van der Waals surface area contributed by atoms with Gasteiger partial charge in [-0.25, -0.2) is 10.4 Å². The number of anilines is 1. The Labute approximate surface area is 122 Å². The van der Waals surface area contributed by atoms with Crippen molar-refractivity contribution in [3.8, 4) is 0 Å². The van der Waals surface area contributed by atoms with Crippen molar-refractivity contribution in [1.29, 1.82) is 0 Å². The third-order valence-electron chi connectivity index (χ3n) is 3.28. The van der Waals surface area contributed by atoms with Crippen molar-refractivity contribution in [2.45, 2.75) is 6.17 Å². The maximum Gasteiger partial charge on any atom is 0.241 e. The summed E-state index contributed by atoms with van der Waals surface area (Å²) in [5, 5.41) is 0.721. The number of rotatable bonds is 3. The predicted octanol–water partition coefficient (Wildman–Crippen LogP) is 1.36. The largest absolute Gasteiger partial charge is 0.274 e. The molecule has 1 saturated heterocycles. The summed E-state index contributed by atoms with van der Waals surface area (Å²) in [6, 6.07) is 9.65. The van der Waals surface area contributed by atoms with E-state index in [-0.39, 0.29) is 18.0 Å². The fourth-order valence-electron chi connectivity index (χ4n) is 2.32. The molecule has 6 heteroatoms. The summed E-state index contributed by atoms with van der Waals surface area (Å²) in [6.07, 6.45) is 1.64. The average Bonchev–Trinajstić information content (AvgIpc) is 2.95. The van der Waals surface area contributed by atoms with E-state index in [2.05, 4.69) is 22.4 Å². The summed E-state index contributed by atoms with van der Waals surface area (Å²) in [6.45, 7) is 4.33. The second-order valence-electron chi connectivity index (χ2n) is 4.60. The first-order valence-corrected chi connectivity index (χ1v) is 7.48. The Hall–Kier alpha value is -1.63. The lowest BCUT2D eigenvalue weighted by Crippen LogP contribution is -2.49. The van der Waals surface area contributed by atoms with E-state index in [0.29, 0.717) is 6.54 Å². The van der Waals surface area contributed by atoms with Gasteiger partial charge in [-0.2, -0.15) is 0 Å². The Morgan fingerprint density at radius 2 is 2.25 bits per heavy atom. The lowest BCUT2D eigenvalue weighted by atomic mass is 10.1. The van der Waals surface area contributed by atoms with Crippen LogP contribution in [-0.4, -0.2) is 29.5 Å². The van der Waals surface area contributed by atoms with Gasteiger partial charge in [-0.15, -0.1) is 6.58 Å². The molecule has 0 bridgehead atoms. The van der Waals surface area contributed by atoms with Crippen molar-refractivity contribution >= 4 is 28.5 Å². The van der Waals surface area contributed by atoms with Crippen LogP contribution >= 0.6 is 11.8 Å². The van der Waals surface area contributed by atoms with Gasteiger partial charge in [0.25, 0.3) is 0 Å². The number of benzene rings is 1. The number of amides is 1. The molecule has 0 spiro atoms. The summed E-state index contributed by atoms with van der Waals surface area (Å²) in [5.74, 6) is 0.656. The molecule has 3 rings (SSSR count). The van der Waals surface area contributed by atoms with Gasteiger partial charge in [0.2, 0.25) is 5.91 Å². The number of thioether (sulfide) groups is 1. The Morgan fingerprint density at radius 3 is 3.00 bits per heavy atom. The summed E-state index contributed by atoms with van der Waals surface area (Å²) in [4.78, 5) is 19.1. The highest BCUT2D eigenvalue weighted by atomic mass is 32.2. The summed E-state index contributed by atoms with van der Waals surface area (Å²) < 4.78 is 0. The molecule has 2 atom stereocenters. The van der Waals surface area contributed by atoms with Crippen LogP contribution in [0.25, 0.3) is 0 Å². The van der Waals surface area contributed by atoms with Crippen LogP contribution in [0.15, 0.2) is 48.0 Å². The van der Waals surface area contributed by atoms with E-state index < -0.39 is 0 Å². The fraction of sp³-hybridized carbons (Fsp3) is 0.286. The van der Waals surface area contributed by atoms with E-state index in [1.165, 1.54) is 11.8 Å². The molecule has 1 amide bonds. The minimum absolute atomic E-state index is 0.0836. The first kappa shape index (κ1) is 13.4. The number of hydrazine groups is 1. The van der Waals surface area contributed by atoms with Gasteiger partial charge >= 0.3 is 0 Å². The third-order valence-corrected chi connectivity index (χ3v) is 4.22. The van der Waals surface area contributed by atoms with Crippen molar-refractivity contribution in [2.24, 2.45) is 10.9 Å². The van der Waals surface area contributed by atoms with Gasteiger partial charge in [-0.05, 0) is 12.1 Å². The Bertz CT molecular complexity index is 545. The third kappa shape index (κ3) is 2.37. The highest BCUT2D eigenvalue weighted by molar-refractivity contribution is 8.14. The van der Waals surface area contributed by atoms with Gasteiger partial charge in [0.15, 0.2) is 5.17 Å². The van der Waals surface area contributed by atoms with Crippen LogP contribution in [0.2, 0.25) is 0 Å². The molecule has 2 aliphatic rings. The number of aliphatic imine (C=N–C) groups is 1. The zero-order valence-electron chi connectivity index (χ0n) is 11.0. The van der Waals surface area contributed by atoms with Crippen LogP contribution in [0.5, 0.6) is 0 Å². The molecule has 5 nitrogen and oxygen atoms in total. The predicted molar refractivity (Wildman–Crippen MR) is 82.4 cm³/mol. The van der Waals surface area contributed by atoms with E-state index in [9.17, 15) is 4.79 Å². The van der Waals surface area contributed by atoms with E-state index in [4.69, 9.17) is 0 Å². The zero-order valence-corrected chi connectivity index (χ0v) is 11.8. The lowest BCUT2D eigenvalue weighted by Gasteiger charge is -2.32. The molecule has 0 radical (unpaired) electrons. The van der Waals surface area contributed by atoms with Gasteiger partial charge in [0, 0.05) is 12.3 Å². The molecule has 2 N–H and O–H groups in total. The molecule has 1 fully saturated rings. The number of fused-ring (bicyclic) bond motifs is 1. The number of nitrogens with zero attached hydrogens (tertiary/aromatic N) is 2. The molecule has 1 aromatic rings. The molecule has 20 heavy (non-hydrogen) atoms. The molecule has 2 aliphatic heterocycles. The fourth-order valence-corrected chi connectivity index (χ4v) is 3.10. The number of hydrogen-bond acceptors (Lipinski definition) is 5. The number of nitrogens with one attached hydrogen (secondary N) is 2. The van der Waals surface area contributed by atoms with E-state index in [0.717, 1.165) is 16.6 Å². The number of amidine groups is 1. The zero-order chi connectivity index (χ0) is 13.9. The summed E-state index contributed by atoms with van der Waals surface area (Å²) >= 11 is 1.52. The van der Waals surface area contributed by atoms with Crippen LogP contribution in [0, 0.1) is 5.92 Å². The molecule has 1 aromatic carbocycles. The highest BCUT2D eigenvalue weighted by Gasteiger charge is 2.41. The Kier molecular flexibility index (Phi) is 3.86. The van der Waals surface area contributed by atoms with Crippen molar-refractivity contribution in [3.63, 3.8) is 0 Å². The number of hydrogen-bond donors (Lipinski definition) is 2. The van der Waals surface area contributed by atoms with Crippen molar-refractivity contribution in [2.75, 3.05) is 17.2 Å². The quantitative estimate of drug-likeness (QED) is 0.825. The second-order valence-corrected chi connectivity index (χ2v) is 5.58. The molecule has 0 aromatic heterocycles. The van der Waals surface area contributed by atoms with Gasteiger partial charge in [0.1, 0.15) is 6.17 Å². The monoisotopic (exact) mass is 288 g/mol. The number of carbonyl (C=O) groups excluding carboxylic acids is 1. The van der Waals surface area contributed by atoms with Crippen LogP contribution in [0.3, 0.4) is 0 Å². The number of para-hydroxylation sites is 1. The molecular weight excluding hydrogens is 272 g/mol. The summed E-state index contributed by atoms with van der Waals surface area (Å²) in [7, 11) is 0. The maximum absolute atomic E-state index is 12.7. The van der Waals surface area contributed by atoms with Gasteiger partial charge in [-0.3, -0.25) is 15.1 Å². The molecule has 2 unspecified atom stereocenters. The Morgan fingerprint density at radius 1 is 1.45 bits per heavy atom. The van der Waals surface area contributed by atoms with Crippen molar-refractivity contribution in [3.05, 3.63) is 43.0 Å².